The molecule has 1 aromatic rings. The largest absolute Gasteiger partial charge is 0.338 e. The molecule has 1 fully saturated rings. The van der Waals surface area contributed by atoms with Gasteiger partial charge in [-0.2, -0.15) is 5.10 Å². The molecule has 0 atom stereocenters. The van der Waals surface area contributed by atoms with Gasteiger partial charge in [0.05, 0.1) is 5.70 Å². The lowest BCUT2D eigenvalue weighted by atomic mass is 10.0. The molecule has 0 aromatic heterocycles. The number of benzene rings is 1. The molecule has 0 radical (unpaired) electrons. The zero-order chi connectivity index (χ0) is 18.8. The molecule has 7 heteroatoms. The van der Waals surface area contributed by atoms with Crippen LogP contribution < -0.4 is 0 Å². The molecule has 2 heterocycles. The molecule has 2 aliphatic rings. The van der Waals surface area contributed by atoms with Gasteiger partial charge in [0.25, 0.3) is 0 Å². The molecule has 0 saturated carbocycles. The van der Waals surface area contributed by atoms with Crippen molar-refractivity contribution in [1.82, 2.24) is 14.8 Å². The van der Waals surface area contributed by atoms with Crippen molar-refractivity contribution in [3.8, 4) is 0 Å². The SMILES string of the molecule is C/C=N\N1C(N2CCN(C)CC2)=Nc2c(F)cc(Cl)cc2C1=C(C)CC. The van der Waals surface area contributed by atoms with Crippen molar-refractivity contribution in [2.45, 2.75) is 27.2 Å². The summed E-state index contributed by atoms with van der Waals surface area (Å²) in [7, 11) is 2.10. The highest BCUT2D eigenvalue weighted by Gasteiger charge is 2.32. The topological polar surface area (TPSA) is 34.4 Å². The van der Waals surface area contributed by atoms with Crippen molar-refractivity contribution in [3.05, 3.63) is 34.1 Å². The van der Waals surface area contributed by atoms with Gasteiger partial charge in [-0.25, -0.2) is 14.4 Å². The number of piperazine rings is 1. The van der Waals surface area contributed by atoms with Crippen molar-refractivity contribution in [1.29, 1.82) is 0 Å². The van der Waals surface area contributed by atoms with E-state index in [0.717, 1.165) is 43.9 Å². The van der Waals surface area contributed by atoms with Crippen molar-refractivity contribution in [2.75, 3.05) is 33.2 Å². The van der Waals surface area contributed by atoms with E-state index in [1.165, 1.54) is 6.07 Å². The fraction of sp³-hybridized carbons (Fsp3) is 0.474. The number of likely N-dealkylation sites (N-methyl/N-ethyl adjacent to an activating group) is 1. The molecule has 5 nitrogen and oxygen atoms in total. The van der Waals surface area contributed by atoms with Crippen molar-refractivity contribution in [3.63, 3.8) is 0 Å². The number of hydrogen-bond acceptors (Lipinski definition) is 5. The molecule has 0 bridgehead atoms. The number of fused-ring (bicyclic) bond motifs is 1. The highest BCUT2D eigenvalue weighted by atomic mass is 35.5. The third-order valence-electron chi connectivity index (χ3n) is 4.85. The molecule has 0 aliphatic carbocycles. The molecule has 2 aliphatic heterocycles. The fourth-order valence-electron chi connectivity index (χ4n) is 3.24. The molecule has 26 heavy (non-hydrogen) atoms. The van der Waals surface area contributed by atoms with Crippen LogP contribution in [0.5, 0.6) is 0 Å². The van der Waals surface area contributed by atoms with Crippen LogP contribution in [-0.4, -0.2) is 60.2 Å². The molecule has 0 amide bonds. The number of guanidine groups is 1. The minimum atomic E-state index is -0.402. The molecule has 3 rings (SSSR count). The van der Waals surface area contributed by atoms with E-state index < -0.39 is 5.82 Å². The minimum absolute atomic E-state index is 0.341. The van der Waals surface area contributed by atoms with E-state index >= 15 is 0 Å². The zero-order valence-corrected chi connectivity index (χ0v) is 16.5. The Labute approximate surface area is 159 Å². The lowest BCUT2D eigenvalue weighted by Crippen LogP contribution is -2.51. The van der Waals surface area contributed by atoms with E-state index in [9.17, 15) is 4.39 Å². The van der Waals surface area contributed by atoms with E-state index in [0.29, 0.717) is 22.2 Å². The Morgan fingerprint density at radius 2 is 2.00 bits per heavy atom. The summed E-state index contributed by atoms with van der Waals surface area (Å²) in [6.07, 6.45) is 2.56. The van der Waals surface area contributed by atoms with Gasteiger partial charge in [-0.1, -0.05) is 18.5 Å². The third-order valence-corrected chi connectivity index (χ3v) is 5.07. The lowest BCUT2D eigenvalue weighted by molar-refractivity contribution is 0.204. The minimum Gasteiger partial charge on any atom is -0.338 e. The first-order valence-corrected chi connectivity index (χ1v) is 9.34. The Bertz CT molecular complexity index is 778. The van der Waals surface area contributed by atoms with Crippen LogP contribution in [0.15, 0.2) is 27.8 Å². The summed E-state index contributed by atoms with van der Waals surface area (Å²) in [5.41, 5.74) is 3.01. The number of allylic oxidation sites excluding steroid dienone is 1. The van der Waals surface area contributed by atoms with Crippen molar-refractivity contribution >= 4 is 35.2 Å². The van der Waals surface area contributed by atoms with Crippen LogP contribution in [0.4, 0.5) is 10.1 Å². The smallest absolute Gasteiger partial charge is 0.227 e. The third kappa shape index (κ3) is 3.48. The van der Waals surface area contributed by atoms with Crippen molar-refractivity contribution < 1.29 is 4.39 Å². The van der Waals surface area contributed by atoms with Crippen LogP contribution in [-0.2, 0) is 0 Å². The highest BCUT2D eigenvalue weighted by Crippen LogP contribution is 2.41. The van der Waals surface area contributed by atoms with E-state index in [1.807, 2.05) is 18.9 Å². The Balaban J connectivity index is 2.20. The maximum absolute atomic E-state index is 14.7. The zero-order valence-electron chi connectivity index (χ0n) is 15.8. The van der Waals surface area contributed by atoms with Gasteiger partial charge in [0.1, 0.15) is 5.69 Å². The number of halogens is 2. The first-order chi connectivity index (χ1) is 12.5. The lowest BCUT2D eigenvalue weighted by Gasteiger charge is -2.40. The Morgan fingerprint density at radius 3 is 2.62 bits per heavy atom. The van der Waals surface area contributed by atoms with Crippen LogP contribution in [0.25, 0.3) is 5.70 Å². The summed E-state index contributed by atoms with van der Waals surface area (Å²) >= 11 is 6.14. The summed E-state index contributed by atoms with van der Waals surface area (Å²) in [4.78, 5) is 9.12. The van der Waals surface area contributed by atoms with E-state index in [1.54, 1.807) is 12.3 Å². The summed E-state index contributed by atoms with van der Waals surface area (Å²) in [5, 5.41) is 6.76. The highest BCUT2D eigenvalue weighted by molar-refractivity contribution is 6.31. The van der Waals surface area contributed by atoms with Gasteiger partial charge in [-0.05, 0) is 45.0 Å². The van der Waals surface area contributed by atoms with Gasteiger partial charge in [0, 0.05) is 43.0 Å². The second-order valence-corrected chi connectivity index (χ2v) is 7.09. The molecule has 0 spiro atoms. The Hall–Kier alpha value is -1.92. The normalized spacial score (nSPS) is 20.5. The van der Waals surface area contributed by atoms with Crippen LogP contribution >= 0.6 is 11.6 Å². The van der Waals surface area contributed by atoms with Crippen LogP contribution in [0.2, 0.25) is 5.02 Å². The molecule has 1 aromatic carbocycles. The van der Waals surface area contributed by atoms with Crippen LogP contribution in [0.3, 0.4) is 0 Å². The molecule has 0 unspecified atom stereocenters. The molecular formula is C19H25ClFN5. The summed E-state index contributed by atoms with van der Waals surface area (Å²) in [6, 6.07) is 3.10. The fourth-order valence-corrected chi connectivity index (χ4v) is 3.44. The van der Waals surface area contributed by atoms with Gasteiger partial charge in [0.15, 0.2) is 5.82 Å². The quantitative estimate of drug-likeness (QED) is 0.725. The summed E-state index contributed by atoms with van der Waals surface area (Å²) in [6.45, 7) is 9.52. The number of nitrogens with zero attached hydrogens (tertiary/aromatic N) is 5. The van der Waals surface area contributed by atoms with E-state index in [-0.39, 0.29) is 0 Å². The molecule has 0 N–H and O–H groups in total. The molecule has 140 valence electrons. The number of aliphatic imine (C=N–C) groups is 1. The Morgan fingerprint density at radius 1 is 1.31 bits per heavy atom. The molecule has 1 saturated heterocycles. The predicted molar refractivity (Wildman–Crippen MR) is 106 cm³/mol. The molecular weight excluding hydrogens is 353 g/mol. The van der Waals surface area contributed by atoms with E-state index in [2.05, 4.69) is 33.9 Å². The monoisotopic (exact) mass is 377 g/mol. The first kappa shape index (κ1) is 18.9. The summed E-state index contributed by atoms with van der Waals surface area (Å²) in [5.74, 6) is 0.272. The average Bonchev–Trinajstić information content (AvgIpc) is 2.61. The summed E-state index contributed by atoms with van der Waals surface area (Å²) < 4.78 is 14.7. The standard InChI is InChI=1S/C19H25ClFN5/c1-5-13(3)18-15-11-14(20)12-16(21)17(15)23-19(26(18)22-6-2)25-9-7-24(4)8-10-25/h6,11-12H,5,7-10H2,1-4H3/b18-13?,22-6-. The number of hydrogen-bond donors (Lipinski definition) is 0. The van der Waals surface area contributed by atoms with Crippen molar-refractivity contribution in [2.24, 2.45) is 10.1 Å². The predicted octanol–water partition coefficient (Wildman–Crippen LogP) is 4.18. The van der Waals surface area contributed by atoms with Gasteiger partial charge >= 0.3 is 0 Å². The second-order valence-electron chi connectivity index (χ2n) is 6.65. The maximum Gasteiger partial charge on any atom is 0.227 e. The Kier molecular flexibility index (Phi) is 5.63. The second kappa shape index (κ2) is 7.76. The van der Waals surface area contributed by atoms with Gasteiger partial charge < -0.3 is 9.80 Å². The van der Waals surface area contributed by atoms with E-state index in [4.69, 9.17) is 11.6 Å². The number of rotatable bonds is 2. The van der Waals surface area contributed by atoms with Crippen LogP contribution in [0.1, 0.15) is 32.8 Å². The van der Waals surface area contributed by atoms with Gasteiger partial charge in [-0.3, -0.25) is 0 Å². The maximum atomic E-state index is 14.7. The average molecular weight is 378 g/mol. The van der Waals surface area contributed by atoms with Gasteiger partial charge in [-0.15, -0.1) is 0 Å². The van der Waals surface area contributed by atoms with Gasteiger partial charge in [0.2, 0.25) is 5.96 Å². The number of hydrazone groups is 1. The first-order valence-electron chi connectivity index (χ1n) is 8.96. The van der Waals surface area contributed by atoms with Crippen LogP contribution in [0, 0.1) is 5.82 Å².